The Morgan fingerprint density at radius 1 is 1.35 bits per heavy atom. The van der Waals surface area contributed by atoms with Gasteiger partial charge in [-0.05, 0) is 34.0 Å². The summed E-state index contributed by atoms with van der Waals surface area (Å²) < 4.78 is 8.22. The monoisotopic (exact) mass is 295 g/mol. The Morgan fingerprint density at radius 2 is 2.18 bits per heavy atom. The smallest absolute Gasteiger partial charge is 0.157 e. The van der Waals surface area contributed by atoms with Crippen molar-refractivity contribution in [3.05, 3.63) is 35.2 Å². The zero-order chi connectivity index (χ0) is 12.3. The fourth-order valence-electron chi connectivity index (χ4n) is 1.27. The minimum atomic E-state index is 0.504. The molecule has 4 nitrogen and oxygen atoms in total. The van der Waals surface area contributed by atoms with Crippen molar-refractivity contribution < 1.29 is 4.74 Å². The van der Waals surface area contributed by atoms with Gasteiger partial charge in [-0.25, -0.2) is 9.67 Å². The van der Waals surface area contributed by atoms with Gasteiger partial charge in [-0.15, -0.1) is 0 Å². The van der Waals surface area contributed by atoms with Crippen LogP contribution in [0.4, 0.5) is 0 Å². The van der Waals surface area contributed by atoms with Crippen LogP contribution in [0.2, 0.25) is 0 Å². The number of rotatable bonds is 4. The lowest BCUT2D eigenvalue weighted by atomic mass is 10.2. The van der Waals surface area contributed by atoms with E-state index in [1.165, 1.54) is 0 Å². The van der Waals surface area contributed by atoms with E-state index in [0.717, 1.165) is 16.0 Å². The third kappa shape index (κ3) is 3.30. The van der Waals surface area contributed by atoms with Gasteiger partial charge in [0.15, 0.2) is 11.6 Å². The minimum Gasteiger partial charge on any atom is -0.490 e. The molecule has 0 N–H and O–H groups in total. The summed E-state index contributed by atoms with van der Waals surface area (Å²) in [5.74, 6) is 2.04. The molecule has 2 heterocycles. The molecule has 0 saturated carbocycles. The Labute approximate surface area is 109 Å². The van der Waals surface area contributed by atoms with Crippen molar-refractivity contribution in [2.75, 3.05) is 6.61 Å². The summed E-state index contributed by atoms with van der Waals surface area (Å²) in [6.45, 7) is 4.92. The third-order valence-corrected chi connectivity index (χ3v) is 2.56. The molecule has 17 heavy (non-hydrogen) atoms. The second kappa shape index (κ2) is 5.31. The van der Waals surface area contributed by atoms with E-state index in [9.17, 15) is 0 Å². The average molecular weight is 296 g/mol. The first-order valence-electron chi connectivity index (χ1n) is 5.44. The van der Waals surface area contributed by atoms with Crippen LogP contribution in [0.1, 0.15) is 13.8 Å². The molecule has 0 atom stereocenters. The highest BCUT2D eigenvalue weighted by atomic mass is 79.9. The van der Waals surface area contributed by atoms with E-state index >= 15 is 0 Å². The fourth-order valence-corrected chi connectivity index (χ4v) is 1.51. The van der Waals surface area contributed by atoms with Crippen LogP contribution >= 0.6 is 15.9 Å². The van der Waals surface area contributed by atoms with E-state index in [2.05, 4.69) is 39.9 Å². The SMILES string of the molecule is CC(C)COc1cnn(-c2ccc(Br)cn2)c1. The third-order valence-electron chi connectivity index (χ3n) is 2.09. The molecule has 90 valence electrons. The van der Waals surface area contributed by atoms with Crippen LogP contribution in [-0.4, -0.2) is 21.4 Å². The molecule has 2 rings (SSSR count). The summed E-state index contributed by atoms with van der Waals surface area (Å²) >= 11 is 3.35. The summed E-state index contributed by atoms with van der Waals surface area (Å²) in [5.41, 5.74) is 0. The van der Waals surface area contributed by atoms with E-state index < -0.39 is 0 Å². The zero-order valence-electron chi connectivity index (χ0n) is 9.80. The molecular formula is C12H14BrN3O. The van der Waals surface area contributed by atoms with Gasteiger partial charge in [0.05, 0.1) is 19.0 Å². The van der Waals surface area contributed by atoms with Crippen LogP contribution in [0.5, 0.6) is 5.75 Å². The first-order valence-corrected chi connectivity index (χ1v) is 6.24. The van der Waals surface area contributed by atoms with Gasteiger partial charge in [0.1, 0.15) is 0 Å². The molecule has 0 unspecified atom stereocenters. The van der Waals surface area contributed by atoms with Gasteiger partial charge in [0.25, 0.3) is 0 Å². The van der Waals surface area contributed by atoms with E-state index in [4.69, 9.17) is 4.74 Å². The Hall–Kier alpha value is -1.36. The molecule has 0 amide bonds. The van der Waals surface area contributed by atoms with Gasteiger partial charge in [0, 0.05) is 10.7 Å². The second-order valence-corrected chi connectivity index (χ2v) is 5.08. The van der Waals surface area contributed by atoms with Crippen LogP contribution in [-0.2, 0) is 0 Å². The van der Waals surface area contributed by atoms with Crippen molar-refractivity contribution in [3.8, 4) is 11.6 Å². The molecule has 0 radical (unpaired) electrons. The quantitative estimate of drug-likeness (QED) is 0.870. The Balaban J connectivity index is 2.10. The van der Waals surface area contributed by atoms with Gasteiger partial charge in [-0.3, -0.25) is 0 Å². The molecule has 0 spiro atoms. The molecule has 0 bridgehead atoms. The number of halogens is 1. The Morgan fingerprint density at radius 3 is 2.82 bits per heavy atom. The zero-order valence-corrected chi connectivity index (χ0v) is 11.4. The highest BCUT2D eigenvalue weighted by molar-refractivity contribution is 9.10. The molecule has 0 fully saturated rings. The van der Waals surface area contributed by atoms with E-state index in [1.807, 2.05) is 18.3 Å². The summed E-state index contributed by atoms with van der Waals surface area (Å²) in [4.78, 5) is 4.26. The highest BCUT2D eigenvalue weighted by Crippen LogP contribution is 2.14. The maximum Gasteiger partial charge on any atom is 0.157 e. The van der Waals surface area contributed by atoms with Crippen LogP contribution in [0.25, 0.3) is 5.82 Å². The van der Waals surface area contributed by atoms with Crippen molar-refractivity contribution in [2.45, 2.75) is 13.8 Å². The lowest BCUT2D eigenvalue weighted by molar-refractivity contribution is 0.271. The Kier molecular flexibility index (Phi) is 3.78. The number of hydrogen-bond donors (Lipinski definition) is 0. The number of ether oxygens (including phenoxy) is 1. The predicted molar refractivity (Wildman–Crippen MR) is 69.4 cm³/mol. The van der Waals surface area contributed by atoms with Crippen molar-refractivity contribution in [1.82, 2.24) is 14.8 Å². The number of pyridine rings is 1. The maximum atomic E-state index is 5.57. The summed E-state index contributed by atoms with van der Waals surface area (Å²) in [7, 11) is 0. The normalized spacial score (nSPS) is 10.8. The molecule has 2 aromatic heterocycles. The summed E-state index contributed by atoms with van der Waals surface area (Å²) in [5, 5.41) is 4.21. The van der Waals surface area contributed by atoms with Crippen LogP contribution in [0.15, 0.2) is 35.2 Å². The van der Waals surface area contributed by atoms with Crippen LogP contribution in [0.3, 0.4) is 0 Å². The number of aromatic nitrogens is 3. The molecule has 5 heteroatoms. The van der Waals surface area contributed by atoms with Crippen molar-refractivity contribution in [1.29, 1.82) is 0 Å². The summed E-state index contributed by atoms with van der Waals surface area (Å²) in [6, 6.07) is 3.82. The highest BCUT2D eigenvalue weighted by Gasteiger charge is 2.03. The topological polar surface area (TPSA) is 39.9 Å². The van der Waals surface area contributed by atoms with Crippen molar-refractivity contribution in [3.63, 3.8) is 0 Å². The van der Waals surface area contributed by atoms with Gasteiger partial charge in [-0.2, -0.15) is 5.10 Å². The van der Waals surface area contributed by atoms with Crippen molar-refractivity contribution >= 4 is 15.9 Å². The van der Waals surface area contributed by atoms with Gasteiger partial charge >= 0.3 is 0 Å². The Bertz CT molecular complexity index is 479. The first-order chi connectivity index (χ1) is 8.15. The lowest BCUT2D eigenvalue weighted by Crippen LogP contribution is -2.03. The standard InChI is InChI=1S/C12H14BrN3O/c1-9(2)8-17-11-6-15-16(7-11)12-4-3-10(13)5-14-12/h3-7,9H,8H2,1-2H3. The molecule has 2 aromatic rings. The van der Waals surface area contributed by atoms with Gasteiger partial charge in [0.2, 0.25) is 0 Å². The van der Waals surface area contributed by atoms with Crippen molar-refractivity contribution in [2.24, 2.45) is 5.92 Å². The van der Waals surface area contributed by atoms with E-state index in [1.54, 1.807) is 17.1 Å². The molecule has 0 aliphatic rings. The van der Waals surface area contributed by atoms with Gasteiger partial charge in [-0.1, -0.05) is 13.8 Å². The lowest BCUT2D eigenvalue weighted by Gasteiger charge is -2.05. The van der Waals surface area contributed by atoms with E-state index in [0.29, 0.717) is 12.5 Å². The molecule has 0 aliphatic heterocycles. The molecule has 0 aliphatic carbocycles. The summed E-state index contributed by atoms with van der Waals surface area (Å²) in [6.07, 6.45) is 5.27. The number of hydrogen-bond acceptors (Lipinski definition) is 3. The molecule has 0 saturated heterocycles. The molecular weight excluding hydrogens is 282 g/mol. The maximum absolute atomic E-state index is 5.57. The van der Waals surface area contributed by atoms with Gasteiger partial charge < -0.3 is 4.74 Å². The number of nitrogens with zero attached hydrogens (tertiary/aromatic N) is 3. The second-order valence-electron chi connectivity index (χ2n) is 4.16. The van der Waals surface area contributed by atoms with E-state index in [-0.39, 0.29) is 0 Å². The fraction of sp³-hybridized carbons (Fsp3) is 0.333. The van der Waals surface area contributed by atoms with Crippen LogP contribution in [0, 0.1) is 5.92 Å². The van der Waals surface area contributed by atoms with Crippen LogP contribution < -0.4 is 4.74 Å². The first kappa shape index (κ1) is 12.1. The average Bonchev–Trinajstić information content (AvgIpc) is 2.76. The minimum absolute atomic E-state index is 0.504. The largest absolute Gasteiger partial charge is 0.490 e. The molecule has 0 aromatic carbocycles. The predicted octanol–water partition coefficient (Wildman–Crippen LogP) is 3.06.